The predicted molar refractivity (Wildman–Crippen MR) is 100 cm³/mol. The lowest BCUT2D eigenvalue weighted by atomic mass is 9.80. The topological polar surface area (TPSA) is 46.5 Å². The Hall–Kier alpha value is -1.61. The second kappa shape index (κ2) is 8.66. The molecule has 0 aromatic heterocycles. The van der Waals surface area contributed by atoms with Crippen LogP contribution < -0.4 is 0 Å². The smallest absolute Gasteiger partial charge is 0.309 e. The van der Waals surface area contributed by atoms with Crippen LogP contribution in [0.2, 0.25) is 0 Å². The molecule has 0 amide bonds. The van der Waals surface area contributed by atoms with Gasteiger partial charge in [0, 0.05) is 6.42 Å². The zero-order chi connectivity index (χ0) is 17.6. The summed E-state index contributed by atoms with van der Waals surface area (Å²) in [6.07, 6.45) is 12.5. The summed E-state index contributed by atoms with van der Waals surface area (Å²) in [7, 11) is 0. The molecule has 1 saturated carbocycles. The van der Waals surface area contributed by atoms with Gasteiger partial charge in [0.1, 0.15) is 6.10 Å². The van der Waals surface area contributed by atoms with Gasteiger partial charge in [-0.3, -0.25) is 4.79 Å². The number of carbonyl (C=O) groups is 1. The molecule has 0 spiro atoms. The minimum Gasteiger partial charge on any atom is -0.458 e. The Balaban J connectivity index is 1.86. The Morgan fingerprint density at radius 3 is 2.76 bits per heavy atom. The van der Waals surface area contributed by atoms with E-state index in [1.54, 1.807) is 0 Å². The van der Waals surface area contributed by atoms with Crippen LogP contribution in [0.4, 0.5) is 0 Å². The van der Waals surface area contributed by atoms with Crippen molar-refractivity contribution in [3.8, 4) is 0 Å². The van der Waals surface area contributed by atoms with Crippen LogP contribution >= 0.6 is 0 Å². The zero-order valence-corrected chi connectivity index (χ0v) is 15.2. The van der Waals surface area contributed by atoms with Gasteiger partial charge in [-0.15, -0.1) is 0 Å². The number of ether oxygens (including phenoxy) is 1. The fourth-order valence-corrected chi connectivity index (χ4v) is 4.22. The third-order valence-electron chi connectivity index (χ3n) is 5.46. The van der Waals surface area contributed by atoms with Crippen LogP contribution in [-0.4, -0.2) is 23.3 Å². The Bertz CT molecular complexity index is 614. The molecule has 1 N–H and O–H groups in total. The van der Waals surface area contributed by atoms with E-state index in [1.165, 1.54) is 48.8 Å². The summed E-state index contributed by atoms with van der Waals surface area (Å²) >= 11 is 0. The molecule has 2 fully saturated rings. The van der Waals surface area contributed by atoms with Gasteiger partial charge in [0.2, 0.25) is 0 Å². The summed E-state index contributed by atoms with van der Waals surface area (Å²) in [5.74, 6) is 0.340. The molecule has 1 aromatic carbocycles. The maximum absolute atomic E-state index is 11.6. The molecule has 3 rings (SSSR count). The fourth-order valence-electron chi connectivity index (χ4n) is 4.22. The van der Waals surface area contributed by atoms with Crippen LogP contribution in [0.1, 0.15) is 80.9 Å². The van der Waals surface area contributed by atoms with Gasteiger partial charge in [0.25, 0.3) is 0 Å². The van der Waals surface area contributed by atoms with Gasteiger partial charge in [-0.05, 0) is 47.9 Å². The second-order valence-electron chi connectivity index (χ2n) is 7.49. The summed E-state index contributed by atoms with van der Waals surface area (Å²) in [4.78, 5) is 11.6. The van der Waals surface area contributed by atoms with E-state index < -0.39 is 6.10 Å². The standard InChI is InChI=1S/C22H30O3/c1-2-7-16-10-6-11-20(17-8-4-3-5-9-17)21(16)13-12-19-14-18(23)15-22(24)25-19/h6,10-13,17-19,23H,2-5,7-9,14-15H2,1H3. The van der Waals surface area contributed by atoms with Crippen molar-refractivity contribution in [2.75, 3.05) is 0 Å². The molecular weight excluding hydrogens is 312 g/mol. The van der Waals surface area contributed by atoms with Crippen molar-refractivity contribution in [3.05, 3.63) is 41.0 Å². The molecule has 1 aromatic rings. The highest BCUT2D eigenvalue weighted by Crippen LogP contribution is 2.36. The van der Waals surface area contributed by atoms with Gasteiger partial charge in [-0.25, -0.2) is 0 Å². The molecular formula is C22H30O3. The molecule has 1 aliphatic carbocycles. The number of esters is 1. The molecule has 2 atom stereocenters. The highest BCUT2D eigenvalue weighted by atomic mass is 16.5. The van der Waals surface area contributed by atoms with E-state index in [2.05, 4.69) is 31.2 Å². The van der Waals surface area contributed by atoms with Crippen LogP contribution in [0.25, 0.3) is 6.08 Å². The molecule has 2 unspecified atom stereocenters. The second-order valence-corrected chi connectivity index (χ2v) is 7.49. The van der Waals surface area contributed by atoms with Crippen LogP contribution in [-0.2, 0) is 16.0 Å². The molecule has 0 bridgehead atoms. The van der Waals surface area contributed by atoms with E-state index in [0.29, 0.717) is 12.3 Å². The first kappa shape index (κ1) is 18.2. The third kappa shape index (κ3) is 4.72. The van der Waals surface area contributed by atoms with Gasteiger partial charge in [0.05, 0.1) is 12.5 Å². The minimum absolute atomic E-state index is 0.115. The average Bonchev–Trinajstić information content (AvgIpc) is 2.61. The van der Waals surface area contributed by atoms with Crippen LogP contribution in [0, 0.1) is 0 Å². The number of benzene rings is 1. The summed E-state index contributed by atoms with van der Waals surface area (Å²) in [5, 5.41) is 9.81. The van der Waals surface area contributed by atoms with Crippen molar-refractivity contribution in [1.29, 1.82) is 0 Å². The number of hydrogen-bond acceptors (Lipinski definition) is 3. The highest BCUT2D eigenvalue weighted by Gasteiger charge is 2.25. The van der Waals surface area contributed by atoms with E-state index in [1.807, 2.05) is 6.08 Å². The summed E-state index contributed by atoms with van der Waals surface area (Å²) in [6.45, 7) is 2.21. The van der Waals surface area contributed by atoms with E-state index >= 15 is 0 Å². The Labute approximate surface area is 151 Å². The molecule has 1 saturated heterocycles. The largest absolute Gasteiger partial charge is 0.458 e. The molecule has 3 heteroatoms. The molecule has 1 heterocycles. The van der Waals surface area contributed by atoms with Crippen molar-refractivity contribution >= 4 is 12.0 Å². The van der Waals surface area contributed by atoms with Gasteiger partial charge < -0.3 is 9.84 Å². The monoisotopic (exact) mass is 342 g/mol. The third-order valence-corrected chi connectivity index (χ3v) is 5.46. The van der Waals surface area contributed by atoms with Crippen LogP contribution in [0.15, 0.2) is 24.3 Å². The predicted octanol–water partition coefficient (Wildman–Crippen LogP) is 4.77. The van der Waals surface area contributed by atoms with Crippen LogP contribution in [0.5, 0.6) is 0 Å². The maximum atomic E-state index is 11.6. The average molecular weight is 342 g/mol. The van der Waals surface area contributed by atoms with Gasteiger partial charge in [-0.1, -0.05) is 56.9 Å². The fraction of sp³-hybridized carbons (Fsp3) is 0.591. The maximum Gasteiger partial charge on any atom is 0.309 e. The highest BCUT2D eigenvalue weighted by molar-refractivity contribution is 5.71. The molecule has 136 valence electrons. The van der Waals surface area contributed by atoms with Gasteiger partial charge in [0.15, 0.2) is 0 Å². The number of hydrogen-bond donors (Lipinski definition) is 1. The molecule has 2 aliphatic rings. The lowest BCUT2D eigenvalue weighted by molar-refractivity contribution is -0.156. The van der Waals surface area contributed by atoms with Crippen molar-refractivity contribution < 1.29 is 14.6 Å². The quantitative estimate of drug-likeness (QED) is 0.784. The number of aliphatic hydroxyl groups is 1. The zero-order valence-electron chi connectivity index (χ0n) is 15.2. The Morgan fingerprint density at radius 1 is 1.24 bits per heavy atom. The van der Waals surface area contributed by atoms with Crippen molar-refractivity contribution in [2.24, 2.45) is 0 Å². The minimum atomic E-state index is -0.584. The first-order chi connectivity index (χ1) is 12.2. The van der Waals surface area contributed by atoms with Crippen molar-refractivity contribution in [1.82, 2.24) is 0 Å². The number of cyclic esters (lactones) is 1. The lowest BCUT2D eigenvalue weighted by Crippen LogP contribution is -2.31. The van der Waals surface area contributed by atoms with Gasteiger partial charge >= 0.3 is 5.97 Å². The molecule has 0 radical (unpaired) electrons. The molecule has 1 aliphatic heterocycles. The summed E-state index contributed by atoms with van der Waals surface area (Å²) in [5.41, 5.74) is 4.14. The molecule has 25 heavy (non-hydrogen) atoms. The number of carbonyl (C=O) groups excluding carboxylic acids is 1. The SMILES string of the molecule is CCCc1cccc(C2CCCCC2)c1C=CC1CC(O)CC(=O)O1. The van der Waals surface area contributed by atoms with Crippen molar-refractivity contribution in [2.45, 2.75) is 82.8 Å². The van der Waals surface area contributed by atoms with E-state index in [0.717, 1.165) is 12.8 Å². The normalized spacial score (nSPS) is 25.3. The van der Waals surface area contributed by atoms with E-state index in [9.17, 15) is 9.90 Å². The number of rotatable bonds is 5. The molecule has 3 nitrogen and oxygen atoms in total. The van der Waals surface area contributed by atoms with E-state index in [-0.39, 0.29) is 18.5 Å². The number of aryl methyl sites for hydroxylation is 1. The summed E-state index contributed by atoms with van der Waals surface area (Å²) in [6, 6.07) is 6.68. The van der Waals surface area contributed by atoms with Gasteiger partial charge in [-0.2, -0.15) is 0 Å². The lowest BCUT2D eigenvalue weighted by Gasteiger charge is -2.26. The van der Waals surface area contributed by atoms with E-state index in [4.69, 9.17) is 4.74 Å². The Kier molecular flexibility index (Phi) is 6.30. The van der Waals surface area contributed by atoms with Crippen molar-refractivity contribution in [3.63, 3.8) is 0 Å². The first-order valence-corrected chi connectivity index (χ1v) is 9.85. The first-order valence-electron chi connectivity index (χ1n) is 9.85. The summed E-state index contributed by atoms with van der Waals surface area (Å²) < 4.78 is 5.38. The Morgan fingerprint density at radius 2 is 2.04 bits per heavy atom. The van der Waals surface area contributed by atoms with Crippen LogP contribution in [0.3, 0.4) is 0 Å². The number of aliphatic hydroxyl groups excluding tert-OH is 1.